The Labute approximate surface area is 71.2 Å². The van der Waals surface area contributed by atoms with Crippen molar-refractivity contribution < 1.29 is 4.74 Å². The molecular formula is C10H11NO. The van der Waals surface area contributed by atoms with E-state index < -0.39 is 0 Å². The van der Waals surface area contributed by atoms with Crippen LogP contribution in [0.15, 0.2) is 30.3 Å². The Kier molecular flexibility index (Phi) is 1.74. The van der Waals surface area contributed by atoms with Crippen molar-refractivity contribution in [2.24, 2.45) is 0 Å². The average Bonchev–Trinajstić information content (AvgIpc) is 2.47. The summed E-state index contributed by atoms with van der Waals surface area (Å²) in [4.78, 5) is 3.17. The fourth-order valence-electron chi connectivity index (χ4n) is 1.28. The van der Waals surface area contributed by atoms with Crippen molar-refractivity contribution in [3.8, 4) is 5.88 Å². The molecule has 1 aromatic carbocycles. The lowest BCUT2D eigenvalue weighted by Crippen LogP contribution is -1.89. The van der Waals surface area contributed by atoms with Gasteiger partial charge in [0.1, 0.15) is 0 Å². The van der Waals surface area contributed by atoms with Gasteiger partial charge in [0, 0.05) is 17.0 Å². The first-order valence-corrected chi connectivity index (χ1v) is 4.10. The lowest BCUT2D eigenvalue weighted by molar-refractivity contribution is 0.329. The van der Waals surface area contributed by atoms with Crippen molar-refractivity contribution >= 4 is 10.9 Å². The third kappa shape index (κ3) is 1.16. The van der Waals surface area contributed by atoms with Crippen molar-refractivity contribution in [3.63, 3.8) is 0 Å². The smallest absolute Gasteiger partial charge is 0.191 e. The SMILES string of the molecule is CCOc1cc2ccccc2[nH]1. The number of nitrogens with one attached hydrogen (secondary N) is 1. The molecule has 0 spiro atoms. The zero-order valence-corrected chi connectivity index (χ0v) is 7.00. The number of para-hydroxylation sites is 1. The highest BCUT2D eigenvalue weighted by atomic mass is 16.5. The summed E-state index contributed by atoms with van der Waals surface area (Å²) in [6.07, 6.45) is 0. The van der Waals surface area contributed by atoms with Crippen LogP contribution in [-0.4, -0.2) is 11.6 Å². The van der Waals surface area contributed by atoms with Crippen LogP contribution < -0.4 is 4.74 Å². The summed E-state index contributed by atoms with van der Waals surface area (Å²) in [5, 5.41) is 1.20. The molecule has 0 radical (unpaired) electrons. The second-order valence-corrected chi connectivity index (χ2v) is 2.65. The summed E-state index contributed by atoms with van der Waals surface area (Å²) in [5.41, 5.74) is 1.13. The van der Waals surface area contributed by atoms with E-state index >= 15 is 0 Å². The van der Waals surface area contributed by atoms with Gasteiger partial charge in [-0.2, -0.15) is 0 Å². The molecule has 2 heteroatoms. The lowest BCUT2D eigenvalue weighted by atomic mass is 10.3. The zero-order valence-electron chi connectivity index (χ0n) is 7.00. The highest BCUT2D eigenvalue weighted by Gasteiger charge is 1.97. The second kappa shape index (κ2) is 2.89. The Bertz CT molecular complexity index is 345. The fraction of sp³-hybridized carbons (Fsp3) is 0.200. The van der Waals surface area contributed by atoms with E-state index in [1.54, 1.807) is 0 Å². The predicted octanol–water partition coefficient (Wildman–Crippen LogP) is 2.57. The van der Waals surface area contributed by atoms with Crippen molar-refractivity contribution in [2.45, 2.75) is 6.92 Å². The molecule has 0 fully saturated rings. The normalized spacial score (nSPS) is 10.4. The zero-order chi connectivity index (χ0) is 8.39. The molecule has 2 rings (SSSR count). The van der Waals surface area contributed by atoms with Crippen LogP contribution in [0.3, 0.4) is 0 Å². The Morgan fingerprint density at radius 3 is 2.92 bits per heavy atom. The van der Waals surface area contributed by atoms with Gasteiger partial charge in [0.15, 0.2) is 5.88 Å². The van der Waals surface area contributed by atoms with Crippen molar-refractivity contribution in [3.05, 3.63) is 30.3 Å². The monoisotopic (exact) mass is 161 g/mol. The Hall–Kier alpha value is -1.44. The number of ether oxygens (including phenoxy) is 1. The van der Waals surface area contributed by atoms with Crippen LogP contribution in [-0.2, 0) is 0 Å². The van der Waals surface area contributed by atoms with Gasteiger partial charge in [0.25, 0.3) is 0 Å². The molecule has 0 atom stereocenters. The molecule has 0 saturated carbocycles. The van der Waals surface area contributed by atoms with Gasteiger partial charge in [-0.25, -0.2) is 0 Å². The molecule has 0 aliphatic carbocycles. The molecule has 1 N–H and O–H groups in total. The van der Waals surface area contributed by atoms with E-state index in [1.165, 1.54) is 5.39 Å². The van der Waals surface area contributed by atoms with Crippen molar-refractivity contribution in [1.82, 2.24) is 4.98 Å². The highest BCUT2D eigenvalue weighted by molar-refractivity contribution is 5.81. The van der Waals surface area contributed by atoms with Gasteiger partial charge in [-0.05, 0) is 13.0 Å². The Morgan fingerprint density at radius 2 is 2.17 bits per heavy atom. The van der Waals surface area contributed by atoms with Gasteiger partial charge in [0.05, 0.1) is 6.61 Å². The summed E-state index contributed by atoms with van der Waals surface area (Å²) in [7, 11) is 0. The van der Waals surface area contributed by atoms with E-state index in [0.29, 0.717) is 6.61 Å². The molecule has 0 saturated heterocycles. The summed E-state index contributed by atoms with van der Waals surface area (Å²) in [5.74, 6) is 0.846. The Morgan fingerprint density at radius 1 is 1.33 bits per heavy atom. The van der Waals surface area contributed by atoms with Crippen molar-refractivity contribution in [2.75, 3.05) is 6.61 Å². The number of hydrogen-bond acceptors (Lipinski definition) is 1. The molecule has 0 unspecified atom stereocenters. The summed E-state index contributed by atoms with van der Waals surface area (Å²) >= 11 is 0. The molecular weight excluding hydrogens is 150 g/mol. The number of H-pyrrole nitrogens is 1. The number of hydrogen-bond donors (Lipinski definition) is 1. The first-order valence-electron chi connectivity index (χ1n) is 4.10. The van der Waals surface area contributed by atoms with E-state index in [9.17, 15) is 0 Å². The first kappa shape index (κ1) is 7.22. The Balaban J connectivity index is 2.47. The number of rotatable bonds is 2. The summed E-state index contributed by atoms with van der Waals surface area (Å²) in [6.45, 7) is 2.68. The summed E-state index contributed by atoms with van der Waals surface area (Å²) < 4.78 is 5.34. The quantitative estimate of drug-likeness (QED) is 0.719. The fourth-order valence-corrected chi connectivity index (χ4v) is 1.28. The molecule has 2 nitrogen and oxygen atoms in total. The molecule has 0 aliphatic rings. The summed E-state index contributed by atoms with van der Waals surface area (Å²) in [6, 6.07) is 10.1. The highest BCUT2D eigenvalue weighted by Crippen LogP contribution is 2.19. The van der Waals surface area contributed by atoms with Crippen molar-refractivity contribution in [1.29, 1.82) is 0 Å². The molecule has 2 aromatic rings. The van der Waals surface area contributed by atoms with Gasteiger partial charge in [-0.1, -0.05) is 18.2 Å². The van der Waals surface area contributed by atoms with E-state index in [1.807, 2.05) is 31.2 Å². The number of fused-ring (bicyclic) bond motifs is 1. The molecule has 0 aliphatic heterocycles. The first-order chi connectivity index (χ1) is 5.90. The van der Waals surface area contributed by atoms with Crippen LogP contribution in [0, 0.1) is 0 Å². The molecule has 1 heterocycles. The van der Waals surface area contributed by atoms with Gasteiger partial charge in [-0.15, -0.1) is 0 Å². The van der Waals surface area contributed by atoms with E-state index in [2.05, 4.69) is 11.1 Å². The molecule has 0 bridgehead atoms. The maximum atomic E-state index is 5.34. The van der Waals surface area contributed by atoms with E-state index in [-0.39, 0.29) is 0 Å². The molecule has 12 heavy (non-hydrogen) atoms. The van der Waals surface area contributed by atoms with Gasteiger partial charge in [0.2, 0.25) is 0 Å². The van der Waals surface area contributed by atoms with Crippen LogP contribution in [0.1, 0.15) is 6.92 Å². The molecule has 0 amide bonds. The van der Waals surface area contributed by atoms with Crippen LogP contribution >= 0.6 is 0 Å². The minimum Gasteiger partial charge on any atom is -0.479 e. The largest absolute Gasteiger partial charge is 0.479 e. The topological polar surface area (TPSA) is 25.0 Å². The third-order valence-electron chi connectivity index (χ3n) is 1.81. The van der Waals surface area contributed by atoms with E-state index in [0.717, 1.165) is 11.4 Å². The van der Waals surface area contributed by atoms with E-state index in [4.69, 9.17) is 4.74 Å². The van der Waals surface area contributed by atoms with Crippen LogP contribution in [0.4, 0.5) is 0 Å². The minimum absolute atomic E-state index is 0.701. The van der Waals surface area contributed by atoms with Crippen LogP contribution in [0.2, 0.25) is 0 Å². The van der Waals surface area contributed by atoms with Crippen LogP contribution in [0.25, 0.3) is 10.9 Å². The standard InChI is InChI=1S/C10H11NO/c1-2-12-10-7-8-5-3-4-6-9(8)11-10/h3-7,11H,2H2,1H3. The predicted molar refractivity (Wildman–Crippen MR) is 49.5 cm³/mol. The second-order valence-electron chi connectivity index (χ2n) is 2.65. The van der Waals surface area contributed by atoms with Gasteiger partial charge >= 0.3 is 0 Å². The molecule has 1 aromatic heterocycles. The van der Waals surface area contributed by atoms with Gasteiger partial charge in [-0.3, -0.25) is 0 Å². The van der Waals surface area contributed by atoms with Crippen LogP contribution in [0.5, 0.6) is 5.88 Å². The molecule has 62 valence electrons. The average molecular weight is 161 g/mol. The lowest BCUT2D eigenvalue weighted by Gasteiger charge is -1.95. The maximum absolute atomic E-state index is 5.34. The number of benzene rings is 1. The van der Waals surface area contributed by atoms with Gasteiger partial charge < -0.3 is 9.72 Å². The maximum Gasteiger partial charge on any atom is 0.191 e. The number of aromatic amines is 1. The third-order valence-corrected chi connectivity index (χ3v) is 1.81. The minimum atomic E-state index is 0.701. The number of aromatic nitrogens is 1.